The van der Waals surface area contributed by atoms with Crippen LogP contribution in [0, 0.1) is 17.0 Å². The molecule has 1 unspecified atom stereocenters. The normalized spacial score (nSPS) is 16.4. The fourth-order valence-corrected chi connectivity index (χ4v) is 4.41. The number of hydrogen-bond acceptors (Lipinski definition) is 6. The van der Waals surface area contributed by atoms with Gasteiger partial charge in [-0.3, -0.25) is 19.8 Å². The zero-order valence-electron chi connectivity index (χ0n) is 15.3. The lowest BCUT2D eigenvalue weighted by Gasteiger charge is -2.23. The molecule has 1 aromatic heterocycles. The van der Waals surface area contributed by atoms with E-state index < -0.39 is 10.8 Å². The van der Waals surface area contributed by atoms with Crippen LogP contribution in [0.25, 0.3) is 10.2 Å². The van der Waals surface area contributed by atoms with Crippen LogP contribution in [0.5, 0.6) is 0 Å². The molecule has 1 atom stereocenters. The van der Waals surface area contributed by atoms with Gasteiger partial charge in [-0.05, 0) is 38.0 Å². The standard InChI is InChI=1S/C20H19N3O4S/c1-13-6-4-8-15(18(13)23(25)26)19(24)22(12-14-7-5-11-27-14)20-21-16-9-2-3-10-17(16)28-20/h2-4,6,8-10,14H,5,7,11-12H2,1H3. The predicted octanol–water partition coefficient (Wildman–Crippen LogP) is 4.34. The van der Waals surface area contributed by atoms with Gasteiger partial charge in [-0.1, -0.05) is 35.6 Å². The summed E-state index contributed by atoms with van der Waals surface area (Å²) in [5.74, 6) is -0.426. The second-order valence-corrected chi connectivity index (χ2v) is 7.75. The molecule has 1 aliphatic rings. The van der Waals surface area contributed by atoms with Crippen LogP contribution >= 0.6 is 11.3 Å². The van der Waals surface area contributed by atoms with Gasteiger partial charge in [-0.2, -0.15) is 0 Å². The lowest BCUT2D eigenvalue weighted by molar-refractivity contribution is -0.385. The Morgan fingerprint density at radius 2 is 2.14 bits per heavy atom. The Kier molecular flexibility index (Phi) is 5.06. The third-order valence-electron chi connectivity index (χ3n) is 4.82. The van der Waals surface area contributed by atoms with E-state index in [1.54, 1.807) is 19.1 Å². The van der Waals surface area contributed by atoms with Gasteiger partial charge in [0.15, 0.2) is 5.13 Å². The second kappa shape index (κ2) is 7.65. The molecule has 144 valence electrons. The second-order valence-electron chi connectivity index (χ2n) is 6.74. The van der Waals surface area contributed by atoms with E-state index >= 15 is 0 Å². The summed E-state index contributed by atoms with van der Waals surface area (Å²) in [6.45, 7) is 2.62. The Labute approximate surface area is 165 Å². The van der Waals surface area contributed by atoms with E-state index in [4.69, 9.17) is 4.74 Å². The molecule has 4 rings (SSSR count). The SMILES string of the molecule is Cc1cccc(C(=O)N(CC2CCCO2)c2nc3ccccc3s2)c1[N+](=O)[O-]. The Balaban J connectivity index is 1.78. The van der Waals surface area contributed by atoms with Crippen molar-refractivity contribution in [2.45, 2.75) is 25.9 Å². The number of aromatic nitrogens is 1. The van der Waals surface area contributed by atoms with Crippen molar-refractivity contribution in [3.8, 4) is 0 Å². The number of thiazole rings is 1. The smallest absolute Gasteiger partial charge is 0.285 e. The van der Waals surface area contributed by atoms with Gasteiger partial charge in [0.25, 0.3) is 11.6 Å². The number of fused-ring (bicyclic) bond motifs is 1. The fraction of sp³-hybridized carbons (Fsp3) is 0.300. The minimum absolute atomic E-state index is 0.0715. The van der Waals surface area contributed by atoms with Crippen molar-refractivity contribution < 1.29 is 14.5 Å². The van der Waals surface area contributed by atoms with Gasteiger partial charge in [-0.25, -0.2) is 4.98 Å². The van der Waals surface area contributed by atoms with Gasteiger partial charge in [0, 0.05) is 12.2 Å². The van der Waals surface area contributed by atoms with E-state index in [2.05, 4.69) is 4.98 Å². The van der Waals surface area contributed by atoms with Crippen LogP contribution in [-0.2, 0) is 4.74 Å². The summed E-state index contributed by atoms with van der Waals surface area (Å²) in [6.07, 6.45) is 1.70. The Hall–Kier alpha value is -2.84. The van der Waals surface area contributed by atoms with Crippen molar-refractivity contribution in [2.24, 2.45) is 0 Å². The first-order valence-corrected chi connectivity index (χ1v) is 9.89. The molecule has 7 nitrogen and oxygen atoms in total. The fourth-order valence-electron chi connectivity index (χ4n) is 3.43. The summed E-state index contributed by atoms with van der Waals surface area (Å²) in [7, 11) is 0. The van der Waals surface area contributed by atoms with Crippen LogP contribution in [0.15, 0.2) is 42.5 Å². The molecule has 0 bridgehead atoms. The summed E-state index contributed by atoms with van der Waals surface area (Å²) >= 11 is 1.40. The maximum atomic E-state index is 13.4. The van der Waals surface area contributed by atoms with Gasteiger partial charge in [-0.15, -0.1) is 0 Å². The molecule has 8 heteroatoms. The van der Waals surface area contributed by atoms with Gasteiger partial charge in [0.2, 0.25) is 0 Å². The maximum Gasteiger partial charge on any atom is 0.285 e. The average molecular weight is 397 g/mol. The summed E-state index contributed by atoms with van der Waals surface area (Å²) < 4.78 is 6.68. The van der Waals surface area contributed by atoms with E-state index in [0.717, 1.165) is 23.1 Å². The lowest BCUT2D eigenvalue weighted by atomic mass is 10.1. The van der Waals surface area contributed by atoms with Crippen molar-refractivity contribution in [3.63, 3.8) is 0 Å². The molecule has 1 amide bonds. The quantitative estimate of drug-likeness (QED) is 0.472. The van der Waals surface area contributed by atoms with Crippen molar-refractivity contribution >= 4 is 38.3 Å². The highest BCUT2D eigenvalue weighted by atomic mass is 32.1. The number of carbonyl (C=O) groups is 1. The summed E-state index contributed by atoms with van der Waals surface area (Å²) in [5.41, 5.74) is 1.16. The number of benzene rings is 2. The number of nitrogens with zero attached hydrogens (tertiary/aromatic N) is 3. The van der Waals surface area contributed by atoms with E-state index in [1.807, 2.05) is 24.3 Å². The third-order valence-corrected chi connectivity index (χ3v) is 5.88. The molecule has 1 fully saturated rings. The van der Waals surface area contributed by atoms with Gasteiger partial charge < -0.3 is 4.74 Å². The van der Waals surface area contributed by atoms with Crippen molar-refractivity contribution in [2.75, 3.05) is 18.1 Å². The van der Waals surface area contributed by atoms with Crippen molar-refractivity contribution in [1.82, 2.24) is 4.98 Å². The number of ether oxygens (including phenoxy) is 1. The molecular formula is C20H19N3O4S. The minimum Gasteiger partial charge on any atom is -0.376 e. The molecule has 0 radical (unpaired) electrons. The number of carbonyl (C=O) groups excluding carboxylic acids is 1. The van der Waals surface area contributed by atoms with Crippen LogP contribution in [-0.4, -0.2) is 35.1 Å². The Bertz CT molecular complexity index is 1010. The number of amides is 1. The van der Waals surface area contributed by atoms with Gasteiger partial charge in [0.05, 0.1) is 27.8 Å². The molecule has 0 saturated carbocycles. The highest BCUT2D eigenvalue weighted by Crippen LogP contribution is 2.32. The molecule has 3 aromatic rings. The van der Waals surface area contributed by atoms with E-state index in [0.29, 0.717) is 23.8 Å². The topological polar surface area (TPSA) is 85.6 Å². The van der Waals surface area contributed by atoms with E-state index in [9.17, 15) is 14.9 Å². The van der Waals surface area contributed by atoms with Crippen molar-refractivity contribution in [3.05, 3.63) is 63.7 Å². The zero-order chi connectivity index (χ0) is 19.7. The number of anilines is 1. The maximum absolute atomic E-state index is 13.4. The monoisotopic (exact) mass is 397 g/mol. The van der Waals surface area contributed by atoms with Crippen molar-refractivity contribution in [1.29, 1.82) is 0 Å². The third kappa shape index (κ3) is 3.48. The molecular weight excluding hydrogens is 378 g/mol. The predicted molar refractivity (Wildman–Crippen MR) is 108 cm³/mol. The summed E-state index contributed by atoms with van der Waals surface area (Å²) in [4.78, 5) is 30.6. The van der Waals surface area contributed by atoms with E-state index in [-0.39, 0.29) is 17.4 Å². The number of para-hydroxylation sites is 2. The molecule has 2 heterocycles. The molecule has 0 aliphatic carbocycles. The first-order chi connectivity index (χ1) is 13.5. The number of aryl methyl sites for hydroxylation is 1. The van der Waals surface area contributed by atoms with Crippen LogP contribution in [0.1, 0.15) is 28.8 Å². The van der Waals surface area contributed by atoms with Crippen LogP contribution < -0.4 is 4.90 Å². The van der Waals surface area contributed by atoms with Gasteiger partial charge >= 0.3 is 0 Å². The average Bonchev–Trinajstić information content (AvgIpc) is 3.34. The highest BCUT2D eigenvalue weighted by Gasteiger charge is 2.31. The van der Waals surface area contributed by atoms with Crippen LogP contribution in [0.2, 0.25) is 0 Å². The first-order valence-electron chi connectivity index (χ1n) is 9.07. The van der Waals surface area contributed by atoms with Crippen LogP contribution in [0.3, 0.4) is 0 Å². The Morgan fingerprint density at radius 3 is 2.86 bits per heavy atom. The first kappa shape index (κ1) is 18.5. The van der Waals surface area contributed by atoms with E-state index in [1.165, 1.54) is 22.3 Å². The molecule has 0 N–H and O–H groups in total. The Morgan fingerprint density at radius 1 is 1.32 bits per heavy atom. The number of rotatable bonds is 5. The largest absolute Gasteiger partial charge is 0.376 e. The molecule has 2 aromatic carbocycles. The molecule has 1 saturated heterocycles. The minimum atomic E-state index is -0.495. The summed E-state index contributed by atoms with van der Waals surface area (Å²) in [5, 5.41) is 12.1. The summed E-state index contributed by atoms with van der Waals surface area (Å²) in [6, 6.07) is 12.4. The van der Waals surface area contributed by atoms with Gasteiger partial charge in [0.1, 0.15) is 5.56 Å². The number of nitro benzene ring substituents is 1. The molecule has 1 aliphatic heterocycles. The molecule has 0 spiro atoms. The highest BCUT2D eigenvalue weighted by molar-refractivity contribution is 7.22. The number of nitro groups is 1. The lowest BCUT2D eigenvalue weighted by Crippen LogP contribution is -2.37. The number of hydrogen-bond donors (Lipinski definition) is 0. The van der Waals surface area contributed by atoms with Crippen LogP contribution in [0.4, 0.5) is 10.8 Å². The zero-order valence-corrected chi connectivity index (χ0v) is 16.1. The molecule has 28 heavy (non-hydrogen) atoms.